The number of pyridine rings is 1. The number of fused-ring (bicyclic) bond motifs is 1. The summed E-state index contributed by atoms with van der Waals surface area (Å²) in [5, 5.41) is 5.90. The van der Waals surface area contributed by atoms with Crippen LogP contribution in [-0.4, -0.2) is 36.3 Å². The second-order valence-electron chi connectivity index (χ2n) is 5.76. The molecule has 0 N–H and O–H groups in total. The van der Waals surface area contributed by atoms with E-state index in [0.29, 0.717) is 5.02 Å². The lowest BCUT2D eigenvalue weighted by Crippen LogP contribution is -2.47. The molecule has 0 atom stereocenters. The van der Waals surface area contributed by atoms with Gasteiger partial charge in [0, 0.05) is 37.4 Å². The Morgan fingerprint density at radius 3 is 2.52 bits per heavy atom. The molecule has 23 heavy (non-hydrogen) atoms. The van der Waals surface area contributed by atoms with Gasteiger partial charge < -0.3 is 14.3 Å². The van der Waals surface area contributed by atoms with Gasteiger partial charge in [0.1, 0.15) is 5.82 Å². The number of aromatic nitrogens is 2. The van der Waals surface area contributed by atoms with Gasteiger partial charge in [-0.1, -0.05) is 22.8 Å². The highest BCUT2D eigenvalue weighted by molar-refractivity contribution is 6.31. The van der Waals surface area contributed by atoms with Crippen molar-refractivity contribution in [3.63, 3.8) is 0 Å². The molecular weight excluding hydrogens is 312 g/mol. The van der Waals surface area contributed by atoms with Gasteiger partial charge in [-0.25, -0.2) is 4.98 Å². The first kappa shape index (κ1) is 14.3. The summed E-state index contributed by atoms with van der Waals surface area (Å²) in [5.41, 5.74) is 1.98. The molecule has 0 spiro atoms. The molecule has 3 heterocycles. The summed E-state index contributed by atoms with van der Waals surface area (Å²) in [6.45, 7) is 5.68. The molecule has 0 bridgehead atoms. The van der Waals surface area contributed by atoms with Crippen molar-refractivity contribution < 1.29 is 4.52 Å². The molecule has 0 amide bonds. The highest BCUT2D eigenvalue weighted by Crippen LogP contribution is 2.30. The molecule has 1 aliphatic heterocycles. The van der Waals surface area contributed by atoms with Gasteiger partial charge >= 0.3 is 0 Å². The first-order valence-corrected chi connectivity index (χ1v) is 8.06. The van der Waals surface area contributed by atoms with Crippen LogP contribution in [0.4, 0.5) is 11.6 Å². The van der Waals surface area contributed by atoms with Crippen molar-refractivity contribution in [3.05, 3.63) is 47.1 Å². The molecule has 2 aromatic heterocycles. The monoisotopic (exact) mass is 328 g/mol. The number of anilines is 2. The first-order chi connectivity index (χ1) is 11.2. The Morgan fingerprint density at radius 2 is 1.78 bits per heavy atom. The molecule has 0 saturated carbocycles. The van der Waals surface area contributed by atoms with Crippen LogP contribution >= 0.6 is 11.6 Å². The zero-order valence-corrected chi connectivity index (χ0v) is 13.6. The third-order valence-electron chi connectivity index (χ3n) is 4.27. The summed E-state index contributed by atoms with van der Waals surface area (Å²) in [6.07, 6.45) is 1.85. The normalized spacial score (nSPS) is 15.4. The van der Waals surface area contributed by atoms with Crippen LogP contribution in [0.1, 0.15) is 5.56 Å². The van der Waals surface area contributed by atoms with E-state index in [1.165, 1.54) is 5.56 Å². The molecule has 1 aromatic carbocycles. The van der Waals surface area contributed by atoms with Crippen molar-refractivity contribution in [2.45, 2.75) is 6.92 Å². The summed E-state index contributed by atoms with van der Waals surface area (Å²) in [6, 6.07) is 9.67. The molecule has 1 saturated heterocycles. The molecule has 0 aliphatic carbocycles. The van der Waals surface area contributed by atoms with E-state index < -0.39 is 0 Å². The van der Waals surface area contributed by atoms with Crippen molar-refractivity contribution >= 4 is 34.2 Å². The van der Waals surface area contributed by atoms with E-state index in [1.807, 2.05) is 30.5 Å². The second-order valence-corrected chi connectivity index (χ2v) is 6.20. The maximum Gasteiger partial charge on any atom is 0.180 e. The fraction of sp³-hybridized carbons (Fsp3) is 0.294. The first-order valence-electron chi connectivity index (χ1n) is 7.69. The summed E-state index contributed by atoms with van der Waals surface area (Å²) in [5.74, 6) is 1.94. The summed E-state index contributed by atoms with van der Waals surface area (Å²) >= 11 is 6.10. The average molecular weight is 329 g/mol. The predicted octanol–water partition coefficient (Wildman–Crippen LogP) is 3.51. The second kappa shape index (κ2) is 5.74. The van der Waals surface area contributed by atoms with Crippen molar-refractivity contribution in [3.8, 4) is 0 Å². The molecular formula is C17H17ClN4O. The van der Waals surface area contributed by atoms with Crippen molar-refractivity contribution in [1.29, 1.82) is 0 Å². The lowest BCUT2D eigenvalue weighted by atomic mass is 10.2. The Balaban J connectivity index is 1.55. The average Bonchev–Trinajstić information content (AvgIpc) is 2.98. The van der Waals surface area contributed by atoms with Crippen molar-refractivity contribution in [2.24, 2.45) is 0 Å². The molecule has 0 unspecified atom stereocenters. The Kier molecular flexibility index (Phi) is 3.58. The van der Waals surface area contributed by atoms with Crippen LogP contribution in [0, 0.1) is 6.92 Å². The topological polar surface area (TPSA) is 45.4 Å². The van der Waals surface area contributed by atoms with Gasteiger partial charge in [-0.3, -0.25) is 0 Å². The van der Waals surface area contributed by atoms with Gasteiger partial charge in [0.25, 0.3) is 0 Å². The van der Waals surface area contributed by atoms with Gasteiger partial charge in [-0.05, 0) is 36.8 Å². The van der Waals surface area contributed by atoms with E-state index >= 15 is 0 Å². The minimum atomic E-state index is 0.699. The number of nitrogens with zero attached hydrogens (tertiary/aromatic N) is 4. The lowest BCUT2D eigenvalue weighted by molar-refractivity contribution is 0.452. The quantitative estimate of drug-likeness (QED) is 0.720. The maximum atomic E-state index is 6.10. The third kappa shape index (κ3) is 2.61. The molecule has 1 fully saturated rings. The van der Waals surface area contributed by atoms with E-state index in [9.17, 15) is 0 Å². The van der Waals surface area contributed by atoms with Crippen LogP contribution < -0.4 is 9.80 Å². The number of benzene rings is 1. The van der Waals surface area contributed by atoms with Crippen LogP contribution in [-0.2, 0) is 0 Å². The number of hydrogen-bond acceptors (Lipinski definition) is 5. The fourth-order valence-corrected chi connectivity index (χ4v) is 3.24. The highest BCUT2D eigenvalue weighted by atomic mass is 35.5. The molecule has 3 aromatic rings. The predicted molar refractivity (Wildman–Crippen MR) is 92.4 cm³/mol. The van der Waals surface area contributed by atoms with Gasteiger partial charge in [0.2, 0.25) is 0 Å². The largest absolute Gasteiger partial charge is 0.354 e. The van der Waals surface area contributed by atoms with E-state index in [4.69, 9.17) is 16.1 Å². The molecule has 0 radical (unpaired) electrons. The van der Waals surface area contributed by atoms with Crippen molar-refractivity contribution in [2.75, 3.05) is 36.0 Å². The summed E-state index contributed by atoms with van der Waals surface area (Å²) < 4.78 is 5.41. The number of rotatable bonds is 2. The number of hydrogen-bond donors (Lipinski definition) is 0. The van der Waals surface area contributed by atoms with Crippen LogP contribution in [0.25, 0.3) is 11.0 Å². The van der Waals surface area contributed by atoms with E-state index in [2.05, 4.69) is 32.9 Å². The zero-order chi connectivity index (χ0) is 15.8. The Labute approximate surface area is 139 Å². The molecule has 5 nitrogen and oxygen atoms in total. The number of halogens is 1. The number of piperazine rings is 1. The van der Waals surface area contributed by atoms with Crippen LogP contribution in [0.2, 0.25) is 5.02 Å². The Morgan fingerprint density at radius 1 is 1.04 bits per heavy atom. The van der Waals surface area contributed by atoms with E-state index in [1.54, 1.807) is 0 Å². The van der Waals surface area contributed by atoms with Gasteiger partial charge in [-0.2, -0.15) is 0 Å². The maximum absolute atomic E-state index is 6.10. The number of aryl methyl sites for hydroxylation is 1. The van der Waals surface area contributed by atoms with Crippen LogP contribution in [0.15, 0.2) is 41.1 Å². The van der Waals surface area contributed by atoms with E-state index in [-0.39, 0.29) is 0 Å². The van der Waals surface area contributed by atoms with Gasteiger partial charge in [0.15, 0.2) is 11.4 Å². The summed E-state index contributed by atoms with van der Waals surface area (Å²) in [4.78, 5) is 9.07. The molecule has 6 heteroatoms. The van der Waals surface area contributed by atoms with E-state index in [0.717, 1.165) is 48.8 Å². The third-order valence-corrected chi connectivity index (χ3v) is 4.51. The molecule has 118 valence electrons. The Hall–Kier alpha value is -2.27. The minimum Gasteiger partial charge on any atom is -0.354 e. The zero-order valence-electron chi connectivity index (χ0n) is 12.9. The minimum absolute atomic E-state index is 0.699. The standard InChI is InChI=1S/C17H17ClN4O/c1-12-3-2-6-19-16(12)21-7-9-22(10-8-21)17-14-11-13(18)4-5-15(14)23-20-17/h2-6,11H,7-10H2,1H3. The van der Waals surface area contributed by atoms with Gasteiger partial charge in [0.05, 0.1) is 5.39 Å². The highest BCUT2D eigenvalue weighted by Gasteiger charge is 2.23. The SMILES string of the molecule is Cc1cccnc1N1CCN(c2noc3ccc(Cl)cc23)CC1. The molecule has 4 rings (SSSR count). The smallest absolute Gasteiger partial charge is 0.180 e. The molecule has 1 aliphatic rings. The van der Waals surface area contributed by atoms with Crippen LogP contribution in [0.5, 0.6) is 0 Å². The van der Waals surface area contributed by atoms with Crippen molar-refractivity contribution in [1.82, 2.24) is 10.1 Å². The Bertz CT molecular complexity index is 839. The van der Waals surface area contributed by atoms with Gasteiger partial charge in [-0.15, -0.1) is 0 Å². The lowest BCUT2D eigenvalue weighted by Gasteiger charge is -2.36. The van der Waals surface area contributed by atoms with Crippen LogP contribution in [0.3, 0.4) is 0 Å². The summed E-state index contributed by atoms with van der Waals surface area (Å²) in [7, 11) is 0. The fourth-order valence-electron chi connectivity index (χ4n) is 3.06.